The van der Waals surface area contributed by atoms with Crippen LogP contribution in [0.1, 0.15) is 11.4 Å². The number of nitrogens with zero attached hydrogens (tertiary/aromatic N) is 4. The Morgan fingerprint density at radius 3 is 1.38 bits per heavy atom. The minimum absolute atomic E-state index is 0.469. The smallest absolute Gasteiger partial charge is 0.231 e. The van der Waals surface area contributed by atoms with E-state index >= 15 is 0 Å². The van der Waals surface area contributed by atoms with E-state index in [1.165, 1.54) is 21.6 Å². The Balaban J connectivity index is 1.69. The van der Waals surface area contributed by atoms with E-state index in [1.807, 2.05) is 13.8 Å². The summed E-state index contributed by atoms with van der Waals surface area (Å²) in [5, 5.41) is 11.3. The van der Waals surface area contributed by atoms with E-state index in [4.69, 9.17) is 55.9 Å². The molecule has 0 radical (unpaired) electrons. The van der Waals surface area contributed by atoms with E-state index in [9.17, 15) is 0 Å². The van der Waals surface area contributed by atoms with Crippen molar-refractivity contribution < 1.29 is 9.47 Å². The monoisotopic (exact) mass is 574 g/mol. The summed E-state index contributed by atoms with van der Waals surface area (Å²) in [7, 11) is 6.16. The van der Waals surface area contributed by atoms with E-state index in [2.05, 4.69) is 10.2 Å². The Labute approximate surface area is 224 Å². The number of methoxy groups -OCH3 is 2. The molecule has 4 aromatic rings. The number of halogens is 4. The van der Waals surface area contributed by atoms with E-state index < -0.39 is 0 Å². The van der Waals surface area contributed by atoms with E-state index in [1.54, 1.807) is 60.0 Å². The minimum Gasteiger partial charge on any atom is -0.480 e. The second kappa shape index (κ2) is 10.5. The molecule has 0 unspecified atom stereocenters. The molecule has 6 nitrogen and oxygen atoms in total. The highest BCUT2D eigenvalue weighted by Gasteiger charge is 2.24. The summed E-state index contributed by atoms with van der Waals surface area (Å²) >= 11 is 24.9. The first-order valence-corrected chi connectivity index (χ1v) is 13.4. The molecule has 0 amide bonds. The standard InChI is InChI=1S/C22H18Cl4N4O2S2/c1-11-19(21(31-3)29(27-11)17-7-5-13(23)9-15(17)25)33-34-20-12(2)28-30(22(20)32-4)18-8-6-14(24)10-16(18)26/h5-10H,1-4H3. The average molecular weight is 576 g/mol. The van der Waals surface area contributed by atoms with Gasteiger partial charge in [-0.25, -0.2) is 0 Å². The summed E-state index contributed by atoms with van der Waals surface area (Å²) in [4.78, 5) is 1.69. The second-order valence-corrected chi connectivity index (χ2v) is 10.9. The molecular formula is C22H18Cl4N4O2S2. The first-order chi connectivity index (χ1) is 16.2. The molecule has 2 heterocycles. The van der Waals surface area contributed by atoms with Gasteiger partial charge in [0.25, 0.3) is 0 Å². The van der Waals surface area contributed by atoms with Crippen LogP contribution in [-0.2, 0) is 0 Å². The van der Waals surface area contributed by atoms with Crippen molar-refractivity contribution in [3.05, 3.63) is 67.9 Å². The lowest BCUT2D eigenvalue weighted by Gasteiger charge is -2.10. The number of aryl methyl sites for hydroxylation is 2. The van der Waals surface area contributed by atoms with Gasteiger partial charge in [-0.2, -0.15) is 19.6 Å². The Morgan fingerprint density at radius 2 is 1.06 bits per heavy atom. The van der Waals surface area contributed by atoms with Gasteiger partial charge in [-0.05, 0) is 71.8 Å². The molecule has 34 heavy (non-hydrogen) atoms. The maximum absolute atomic E-state index is 6.41. The summed E-state index contributed by atoms with van der Waals surface area (Å²) in [6.45, 7) is 3.82. The molecule has 0 bridgehead atoms. The van der Waals surface area contributed by atoms with Crippen LogP contribution in [0.15, 0.2) is 46.2 Å². The van der Waals surface area contributed by atoms with E-state index in [0.717, 1.165) is 21.2 Å². The number of rotatable bonds is 7. The van der Waals surface area contributed by atoms with Crippen LogP contribution in [0.5, 0.6) is 11.8 Å². The molecule has 4 rings (SSSR count). The predicted octanol–water partition coefficient (Wildman–Crippen LogP) is 8.11. The highest BCUT2D eigenvalue weighted by molar-refractivity contribution is 8.76. The molecule has 2 aromatic carbocycles. The van der Waals surface area contributed by atoms with Crippen LogP contribution in [0.4, 0.5) is 0 Å². The normalized spacial score (nSPS) is 11.2. The van der Waals surface area contributed by atoms with Crippen LogP contribution < -0.4 is 9.47 Å². The maximum atomic E-state index is 6.41. The topological polar surface area (TPSA) is 54.1 Å². The SMILES string of the molecule is COc1c(SSc2c(C)nn(-c3ccc(Cl)cc3Cl)c2OC)c(C)nn1-c1ccc(Cl)cc1Cl. The van der Waals surface area contributed by atoms with Crippen molar-refractivity contribution in [3.63, 3.8) is 0 Å². The van der Waals surface area contributed by atoms with Gasteiger partial charge in [0.15, 0.2) is 0 Å². The largest absolute Gasteiger partial charge is 0.480 e. The van der Waals surface area contributed by atoms with Gasteiger partial charge in [-0.15, -0.1) is 0 Å². The molecule has 0 aliphatic rings. The summed E-state index contributed by atoms with van der Waals surface area (Å²) in [5.41, 5.74) is 2.90. The molecule has 178 valence electrons. The molecule has 12 heteroatoms. The Kier molecular flexibility index (Phi) is 7.86. The van der Waals surface area contributed by atoms with Crippen LogP contribution in [0.25, 0.3) is 11.4 Å². The third-order valence-corrected chi connectivity index (χ3v) is 8.48. The predicted molar refractivity (Wildman–Crippen MR) is 141 cm³/mol. The lowest BCUT2D eigenvalue weighted by molar-refractivity contribution is 0.374. The minimum atomic E-state index is 0.469. The van der Waals surface area contributed by atoms with Crippen LogP contribution in [0, 0.1) is 13.8 Å². The van der Waals surface area contributed by atoms with E-state index in [0.29, 0.717) is 43.2 Å². The first kappa shape index (κ1) is 25.4. The molecule has 0 aliphatic heterocycles. The summed E-state index contributed by atoms with van der Waals surface area (Å²) in [6.07, 6.45) is 0. The quantitative estimate of drug-likeness (QED) is 0.207. The highest BCUT2D eigenvalue weighted by Crippen LogP contribution is 2.49. The molecule has 0 saturated heterocycles. The van der Waals surface area contributed by atoms with Gasteiger partial charge < -0.3 is 9.47 Å². The van der Waals surface area contributed by atoms with Crippen LogP contribution in [-0.4, -0.2) is 33.8 Å². The van der Waals surface area contributed by atoms with Gasteiger partial charge in [0.05, 0.1) is 47.0 Å². The average Bonchev–Trinajstić information content (AvgIpc) is 3.27. The molecule has 0 aliphatic carbocycles. The van der Waals surface area contributed by atoms with E-state index in [-0.39, 0.29) is 0 Å². The fourth-order valence-corrected chi connectivity index (χ4v) is 6.85. The van der Waals surface area contributed by atoms with Crippen molar-refractivity contribution in [2.45, 2.75) is 23.6 Å². The van der Waals surface area contributed by atoms with Crippen molar-refractivity contribution in [2.24, 2.45) is 0 Å². The third-order valence-electron chi connectivity index (χ3n) is 4.80. The zero-order valence-corrected chi connectivity index (χ0v) is 23.1. The van der Waals surface area contributed by atoms with Gasteiger partial charge in [0, 0.05) is 10.0 Å². The van der Waals surface area contributed by atoms with Crippen molar-refractivity contribution in [2.75, 3.05) is 14.2 Å². The lowest BCUT2D eigenvalue weighted by atomic mass is 10.3. The third kappa shape index (κ3) is 4.85. The number of hydrogen-bond donors (Lipinski definition) is 0. The van der Waals surface area contributed by atoms with Gasteiger partial charge in [0.2, 0.25) is 11.8 Å². The number of aromatic nitrogens is 4. The molecule has 0 N–H and O–H groups in total. The Bertz CT molecular complexity index is 1270. The molecule has 0 spiro atoms. The number of ether oxygens (including phenoxy) is 2. The first-order valence-electron chi connectivity index (χ1n) is 9.77. The Hall–Kier alpha value is -1.68. The van der Waals surface area contributed by atoms with Gasteiger partial charge in [-0.1, -0.05) is 46.4 Å². The van der Waals surface area contributed by atoms with Gasteiger partial charge in [0.1, 0.15) is 9.79 Å². The highest BCUT2D eigenvalue weighted by atomic mass is 35.5. The zero-order chi connectivity index (χ0) is 24.6. The van der Waals surface area contributed by atoms with Crippen molar-refractivity contribution in [3.8, 4) is 23.1 Å². The van der Waals surface area contributed by atoms with Crippen LogP contribution in [0.2, 0.25) is 20.1 Å². The number of hydrogen-bond acceptors (Lipinski definition) is 6. The van der Waals surface area contributed by atoms with Crippen molar-refractivity contribution >= 4 is 68.0 Å². The van der Waals surface area contributed by atoms with Crippen molar-refractivity contribution in [1.29, 1.82) is 0 Å². The van der Waals surface area contributed by atoms with Crippen LogP contribution in [0.3, 0.4) is 0 Å². The van der Waals surface area contributed by atoms with Crippen molar-refractivity contribution in [1.82, 2.24) is 19.6 Å². The number of benzene rings is 2. The molecular weight excluding hydrogens is 558 g/mol. The fraction of sp³-hybridized carbons (Fsp3) is 0.182. The van der Waals surface area contributed by atoms with Gasteiger partial charge >= 0.3 is 0 Å². The fourth-order valence-electron chi connectivity index (χ4n) is 3.25. The molecule has 0 atom stereocenters. The van der Waals surface area contributed by atoms with Crippen LogP contribution >= 0.6 is 68.0 Å². The Morgan fingerprint density at radius 1 is 0.676 bits per heavy atom. The zero-order valence-electron chi connectivity index (χ0n) is 18.4. The molecule has 2 aromatic heterocycles. The summed E-state index contributed by atoms with van der Waals surface area (Å²) in [5.74, 6) is 1.12. The second-order valence-electron chi connectivity index (χ2n) is 7.03. The molecule has 0 fully saturated rings. The molecule has 0 saturated carbocycles. The summed E-state index contributed by atoms with van der Waals surface area (Å²) in [6, 6.07) is 10.4. The van der Waals surface area contributed by atoms with Gasteiger partial charge in [-0.3, -0.25) is 0 Å². The summed E-state index contributed by atoms with van der Waals surface area (Å²) < 4.78 is 14.7. The lowest BCUT2D eigenvalue weighted by Crippen LogP contribution is -2.01. The maximum Gasteiger partial charge on any atom is 0.231 e.